The Balaban J connectivity index is 3.01. The van der Waals surface area contributed by atoms with E-state index in [0.29, 0.717) is 0 Å². The van der Waals surface area contributed by atoms with Crippen LogP contribution in [0.4, 0.5) is 4.39 Å². The van der Waals surface area contributed by atoms with Crippen LogP contribution in [0.5, 0.6) is 0 Å². The topological polar surface area (TPSA) is 46.5 Å². The maximum atomic E-state index is 13.2. The smallest absolute Gasteiger partial charge is 0.315 e. The Labute approximate surface area is 81.1 Å². The first-order valence-electron chi connectivity index (χ1n) is 4.13. The summed E-state index contributed by atoms with van der Waals surface area (Å²) in [5, 5.41) is 8.94. The molecule has 4 heteroatoms. The van der Waals surface area contributed by atoms with E-state index < -0.39 is 24.3 Å². The van der Waals surface area contributed by atoms with Gasteiger partial charge in [0.05, 0.1) is 13.7 Å². The minimum atomic E-state index is -0.943. The molecular formula is C10H11FO3. The Bertz CT molecular complexity index is 325. The summed E-state index contributed by atoms with van der Waals surface area (Å²) in [6.45, 7) is -0.465. The van der Waals surface area contributed by atoms with Crippen molar-refractivity contribution in [2.24, 2.45) is 0 Å². The highest BCUT2D eigenvalue weighted by Crippen LogP contribution is 2.19. The fourth-order valence-corrected chi connectivity index (χ4v) is 1.20. The van der Waals surface area contributed by atoms with Crippen LogP contribution in [0.3, 0.4) is 0 Å². The van der Waals surface area contributed by atoms with Gasteiger partial charge in [0, 0.05) is 5.56 Å². The Kier molecular flexibility index (Phi) is 3.59. The van der Waals surface area contributed by atoms with Crippen molar-refractivity contribution in [2.75, 3.05) is 13.7 Å². The molecule has 3 nitrogen and oxygen atoms in total. The second kappa shape index (κ2) is 4.72. The maximum absolute atomic E-state index is 13.2. The zero-order chi connectivity index (χ0) is 10.6. The van der Waals surface area contributed by atoms with Crippen LogP contribution in [0, 0.1) is 5.82 Å². The largest absolute Gasteiger partial charge is 0.468 e. The highest BCUT2D eigenvalue weighted by molar-refractivity contribution is 5.78. The fourth-order valence-electron chi connectivity index (χ4n) is 1.20. The van der Waals surface area contributed by atoms with E-state index in [9.17, 15) is 9.18 Å². The molecule has 0 saturated carbocycles. The predicted molar refractivity (Wildman–Crippen MR) is 48.2 cm³/mol. The molecule has 0 aliphatic rings. The van der Waals surface area contributed by atoms with Gasteiger partial charge in [0.25, 0.3) is 0 Å². The van der Waals surface area contributed by atoms with E-state index in [-0.39, 0.29) is 5.56 Å². The van der Waals surface area contributed by atoms with Crippen LogP contribution < -0.4 is 0 Å². The standard InChI is InChI=1S/C10H11FO3/c1-14-10(13)8(6-12)7-4-2-3-5-9(7)11/h2-5,8,12H,6H2,1H3. The molecule has 0 fully saturated rings. The molecule has 0 spiro atoms. The quantitative estimate of drug-likeness (QED) is 0.739. The summed E-state index contributed by atoms with van der Waals surface area (Å²) in [5.74, 6) is -2.10. The van der Waals surface area contributed by atoms with Gasteiger partial charge >= 0.3 is 5.97 Å². The summed E-state index contributed by atoms with van der Waals surface area (Å²) in [5.41, 5.74) is 0.154. The fraction of sp³-hybridized carbons (Fsp3) is 0.300. The van der Waals surface area contributed by atoms with Crippen molar-refractivity contribution < 1.29 is 19.0 Å². The van der Waals surface area contributed by atoms with E-state index in [4.69, 9.17) is 5.11 Å². The number of rotatable bonds is 3. The highest BCUT2D eigenvalue weighted by Gasteiger charge is 2.22. The van der Waals surface area contributed by atoms with E-state index in [2.05, 4.69) is 4.74 Å². The third-order valence-electron chi connectivity index (χ3n) is 1.95. The summed E-state index contributed by atoms with van der Waals surface area (Å²) in [6.07, 6.45) is 0. The molecule has 1 aromatic rings. The molecule has 1 atom stereocenters. The number of aliphatic hydroxyl groups excluding tert-OH is 1. The molecule has 0 aromatic heterocycles. The van der Waals surface area contributed by atoms with Crippen molar-refractivity contribution in [3.63, 3.8) is 0 Å². The summed E-state index contributed by atoms with van der Waals surface area (Å²) in [4.78, 5) is 11.1. The number of esters is 1. The summed E-state index contributed by atoms with van der Waals surface area (Å²) in [7, 11) is 1.20. The van der Waals surface area contributed by atoms with Gasteiger partial charge < -0.3 is 9.84 Å². The van der Waals surface area contributed by atoms with Crippen molar-refractivity contribution in [2.45, 2.75) is 5.92 Å². The number of aliphatic hydroxyl groups is 1. The van der Waals surface area contributed by atoms with Gasteiger partial charge in [-0.1, -0.05) is 18.2 Å². The molecule has 14 heavy (non-hydrogen) atoms. The zero-order valence-corrected chi connectivity index (χ0v) is 7.74. The van der Waals surface area contributed by atoms with Crippen LogP contribution in [-0.2, 0) is 9.53 Å². The normalized spacial score (nSPS) is 12.2. The van der Waals surface area contributed by atoms with Crippen LogP contribution >= 0.6 is 0 Å². The van der Waals surface area contributed by atoms with E-state index in [1.807, 2.05) is 0 Å². The second-order valence-corrected chi connectivity index (χ2v) is 2.78. The van der Waals surface area contributed by atoms with E-state index in [1.165, 1.54) is 25.3 Å². The Morgan fingerprint density at radius 1 is 1.57 bits per heavy atom. The molecule has 76 valence electrons. The number of hydrogen-bond acceptors (Lipinski definition) is 3. The number of halogens is 1. The summed E-state index contributed by atoms with van der Waals surface area (Å²) in [6, 6.07) is 5.81. The molecule has 1 unspecified atom stereocenters. The first-order valence-corrected chi connectivity index (χ1v) is 4.13. The van der Waals surface area contributed by atoms with Crippen molar-refractivity contribution >= 4 is 5.97 Å². The number of methoxy groups -OCH3 is 1. The maximum Gasteiger partial charge on any atom is 0.315 e. The highest BCUT2D eigenvalue weighted by atomic mass is 19.1. The van der Waals surface area contributed by atoms with E-state index in [1.54, 1.807) is 6.07 Å². The molecule has 1 aromatic carbocycles. The van der Waals surface area contributed by atoms with Gasteiger partial charge in [-0.05, 0) is 6.07 Å². The molecule has 1 N–H and O–H groups in total. The summed E-state index contributed by atoms with van der Waals surface area (Å²) >= 11 is 0. The number of carbonyl (C=O) groups is 1. The Morgan fingerprint density at radius 2 is 2.21 bits per heavy atom. The van der Waals surface area contributed by atoms with Gasteiger partial charge in [-0.3, -0.25) is 4.79 Å². The lowest BCUT2D eigenvalue weighted by molar-refractivity contribution is -0.143. The number of benzene rings is 1. The van der Waals surface area contributed by atoms with Gasteiger partial charge in [0.1, 0.15) is 11.7 Å². The average Bonchev–Trinajstić information content (AvgIpc) is 2.21. The number of ether oxygens (including phenoxy) is 1. The lowest BCUT2D eigenvalue weighted by Gasteiger charge is -2.12. The van der Waals surface area contributed by atoms with Gasteiger partial charge in [0.2, 0.25) is 0 Å². The van der Waals surface area contributed by atoms with Crippen molar-refractivity contribution in [3.05, 3.63) is 35.6 Å². The first-order chi connectivity index (χ1) is 6.70. The minimum absolute atomic E-state index is 0.154. The predicted octanol–water partition coefficient (Wildman–Crippen LogP) is 1.07. The number of hydrogen-bond donors (Lipinski definition) is 1. The molecule has 0 aliphatic heterocycles. The number of carbonyl (C=O) groups excluding carboxylic acids is 1. The van der Waals surface area contributed by atoms with Crippen LogP contribution in [0.2, 0.25) is 0 Å². The van der Waals surface area contributed by atoms with Gasteiger partial charge in [0.15, 0.2) is 0 Å². The summed E-state index contributed by atoms with van der Waals surface area (Å²) < 4.78 is 17.7. The van der Waals surface area contributed by atoms with E-state index >= 15 is 0 Å². The van der Waals surface area contributed by atoms with Gasteiger partial charge in [-0.15, -0.1) is 0 Å². The molecule has 0 saturated heterocycles. The minimum Gasteiger partial charge on any atom is -0.468 e. The van der Waals surface area contributed by atoms with Crippen LogP contribution in [0.15, 0.2) is 24.3 Å². The lowest BCUT2D eigenvalue weighted by Crippen LogP contribution is -2.18. The zero-order valence-electron chi connectivity index (χ0n) is 7.74. The lowest BCUT2D eigenvalue weighted by atomic mass is 10.00. The van der Waals surface area contributed by atoms with Gasteiger partial charge in [-0.25, -0.2) is 4.39 Å². The first kappa shape index (κ1) is 10.7. The average molecular weight is 198 g/mol. The van der Waals surface area contributed by atoms with Gasteiger partial charge in [-0.2, -0.15) is 0 Å². The molecule has 1 rings (SSSR count). The SMILES string of the molecule is COC(=O)C(CO)c1ccccc1F. The van der Waals surface area contributed by atoms with Crippen molar-refractivity contribution in [3.8, 4) is 0 Å². The third-order valence-corrected chi connectivity index (χ3v) is 1.95. The van der Waals surface area contributed by atoms with Crippen LogP contribution in [-0.4, -0.2) is 24.8 Å². The molecule has 0 heterocycles. The van der Waals surface area contributed by atoms with Crippen LogP contribution in [0.1, 0.15) is 11.5 Å². The van der Waals surface area contributed by atoms with E-state index in [0.717, 1.165) is 0 Å². The molecule has 0 amide bonds. The second-order valence-electron chi connectivity index (χ2n) is 2.78. The third kappa shape index (κ3) is 2.09. The van der Waals surface area contributed by atoms with Crippen molar-refractivity contribution in [1.29, 1.82) is 0 Å². The molecule has 0 bridgehead atoms. The Hall–Kier alpha value is -1.42. The monoisotopic (exact) mass is 198 g/mol. The van der Waals surface area contributed by atoms with Crippen LogP contribution in [0.25, 0.3) is 0 Å². The van der Waals surface area contributed by atoms with Crippen molar-refractivity contribution in [1.82, 2.24) is 0 Å². The molecule has 0 aliphatic carbocycles. The molecule has 0 radical (unpaired) electrons. The Morgan fingerprint density at radius 3 is 2.71 bits per heavy atom. The molecular weight excluding hydrogens is 187 g/mol.